The Bertz CT molecular complexity index is 1390. The molecule has 4 rings (SSSR count). The Kier molecular flexibility index (Phi) is 7.65. The first-order valence-electron chi connectivity index (χ1n) is 11.0. The number of halogens is 3. The zero-order chi connectivity index (χ0) is 25.5. The van der Waals surface area contributed by atoms with Crippen LogP contribution in [0.5, 0.6) is 5.75 Å². The van der Waals surface area contributed by atoms with Crippen molar-refractivity contribution in [2.45, 2.75) is 13.1 Å². The van der Waals surface area contributed by atoms with Gasteiger partial charge in [0.15, 0.2) is 0 Å². The lowest BCUT2D eigenvalue weighted by Gasteiger charge is -2.15. The van der Waals surface area contributed by atoms with Crippen LogP contribution >= 0.6 is 0 Å². The van der Waals surface area contributed by atoms with Gasteiger partial charge >= 0.3 is 6.09 Å². The van der Waals surface area contributed by atoms with Crippen LogP contribution < -0.4 is 15.4 Å². The summed E-state index contributed by atoms with van der Waals surface area (Å²) < 4.78 is 45.3. The highest BCUT2D eigenvalue weighted by Crippen LogP contribution is 2.27. The van der Waals surface area contributed by atoms with Gasteiger partial charge in [0.2, 0.25) is 0 Å². The largest absolute Gasteiger partial charge is 0.412 e. The Hall–Kier alpha value is -4.59. The second-order valence-electron chi connectivity index (χ2n) is 7.82. The summed E-state index contributed by atoms with van der Waals surface area (Å²) in [6.45, 7) is -0.00927. The van der Waals surface area contributed by atoms with Crippen molar-refractivity contribution in [2.24, 2.45) is 0 Å². The molecular formula is C28H21F3N2O3. The van der Waals surface area contributed by atoms with Crippen LogP contribution in [-0.4, -0.2) is 12.0 Å². The molecule has 0 fully saturated rings. The molecule has 0 saturated heterocycles. The van der Waals surface area contributed by atoms with Gasteiger partial charge in [-0.15, -0.1) is 0 Å². The van der Waals surface area contributed by atoms with Gasteiger partial charge in [0, 0.05) is 30.3 Å². The van der Waals surface area contributed by atoms with Crippen LogP contribution in [0.1, 0.15) is 21.5 Å². The average molecular weight is 490 g/mol. The van der Waals surface area contributed by atoms with E-state index in [1.807, 2.05) is 6.07 Å². The van der Waals surface area contributed by atoms with Crippen LogP contribution in [0.15, 0.2) is 91.0 Å². The third-order valence-corrected chi connectivity index (χ3v) is 5.38. The SMILES string of the molecule is O=C(NCc1ccccc1-c1ccccc1C(=O)NCc1ccc(F)cc1F)Oc1ccc(F)cc1. The molecule has 0 spiro atoms. The number of carbonyl (C=O) groups is 2. The van der Waals surface area contributed by atoms with Gasteiger partial charge in [-0.3, -0.25) is 4.79 Å². The quantitative estimate of drug-likeness (QED) is 0.335. The van der Waals surface area contributed by atoms with Crippen LogP contribution in [0.2, 0.25) is 0 Å². The molecule has 0 bridgehead atoms. The molecule has 2 amide bonds. The van der Waals surface area contributed by atoms with Gasteiger partial charge in [-0.05, 0) is 53.1 Å². The highest BCUT2D eigenvalue weighted by molar-refractivity contribution is 6.01. The van der Waals surface area contributed by atoms with Crippen molar-refractivity contribution < 1.29 is 27.5 Å². The van der Waals surface area contributed by atoms with Gasteiger partial charge in [-0.2, -0.15) is 0 Å². The van der Waals surface area contributed by atoms with E-state index in [0.717, 1.165) is 17.7 Å². The summed E-state index contributed by atoms with van der Waals surface area (Å²) in [5.41, 5.74) is 2.54. The molecule has 5 nitrogen and oxygen atoms in total. The Morgan fingerprint density at radius 3 is 2.06 bits per heavy atom. The molecule has 0 heterocycles. The highest BCUT2D eigenvalue weighted by Gasteiger charge is 2.16. The van der Waals surface area contributed by atoms with Crippen LogP contribution in [0.4, 0.5) is 18.0 Å². The molecule has 0 atom stereocenters. The summed E-state index contributed by atoms with van der Waals surface area (Å²) >= 11 is 0. The molecule has 2 N–H and O–H groups in total. The molecule has 182 valence electrons. The molecule has 0 aliphatic carbocycles. The number of hydrogen-bond donors (Lipinski definition) is 2. The number of ether oxygens (including phenoxy) is 1. The standard InChI is InChI=1S/C28H21F3N2O3/c29-20-11-13-22(14-12-20)36-28(35)33-16-18-5-1-2-6-23(18)24-7-3-4-8-25(24)27(34)32-17-19-9-10-21(30)15-26(19)31/h1-15H,16-17H2,(H,32,34)(H,33,35). The van der Waals surface area contributed by atoms with Crippen LogP contribution in [0, 0.1) is 17.5 Å². The van der Waals surface area contributed by atoms with E-state index >= 15 is 0 Å². The van der Waals surface area contributed by atoms with Crippen molar-refractivity contribution in [1.82, 2.24) is 10.6 Å². The fourth-order valence-corrected chi connectivity index (χ4v) is 3.60. The van der Waals surface area contributed by atoms with Gasteiger partial charge in [0.1, 0.15) is 23.2 Å². The molecule has 36 heavy (non-hydrogen) atoms. The lowest BCUT2D eigenvalue weighted by atomic mass is 9.95. The molecule has 0 radical (unpaired) electrons. The molecule has 8 heteroatoms. The number of amides is 2. The average Bonchev–Trinajstić information content (AvgIpc) is 2.88. The second kappa shape index (κ2) is 11.2. The Labute approximate surface area is 205 Å². The minimum Gasteiger partial charge on any atom is -0.410 e. The predicted octanol–water partition coefficient (Wildman–Crippen LogP) is 5.99. The van der Waals surface area contributed by atoms with Gasteiger partial charge in [0.25, 0.3) is 5.91 Å². The first-order chi connectivity index (χ1) is 17.4. The minimum atomic E-state index is -0.743. The van der Waals surface area contributed by atoms with E-state index in [0.29, 0.717) is 16.7 Å². The van der Waals surface area contributed by atoms with E-state index in [-0.39, 0.29) is 24.4 Å². The van der Waals surface area contributed by atoms with Crippen molar-refractivity contribution >= 4 is 12.0 Å². The van der Waals surface area contributed by atoms with Gasteiger partial charge in [0.05, 0.1) is 0 Å². The fourth-order valence-electron chi connectivity index (χ4n) is 3.60. The molecule has 0 aromatic heterocycles. The summed E-state index contributed by atoms with van der Waals surface area (Å²) in [6, 6.07) is 22.3. The molecule has 0 saturated carbocycles. The topological polar surface area (TPSA) is 67.4 Å². The van der Waals surface area contributed by atoms with Crippen LogP contribution in [-0.2, 0) is 13.1 Å². The van der Waals surface area contributed by atoms with Crippen molar-refractivity contribution in [3.63, 3.8) is 0 Å². The molecule has 0 aliphatic heterocycles. The third-order valence-electron chi connectivity index (χ3n) is 5.38. The van der Waals surface area contributed by atoms with E-state index in [9.17, 15) is 22.8 Å². The molecule has 4 aromatic rings. The maximum Gasteiger partial charge on any atom is 0.412 e. The third kappa shape index (κ3) is 6.09. The zero-order valence-corrected chi connectivity index (χ0v) is 18.9. The monoisotopic (exact) mass is 490 g/mol. The second-order valence-corrected chi connectivity index (χ2v) is 7.82. The Morgan fingerprint density at radius 2 is 1.31 bits per heavy atom. The molecule has 0 aliphatic rings. The van der Waals surface area contributed by atoms with Gasteiger partial charge in [-0.25, -0.2) is 18.0 Å². The summed E-state index contributed by atoms with van der Waals surface area (Å²) in [4.78, 5) is 25.2. The van der Waals surface area contributed by atoms with Gasteiger partial charge < -0.3 is 15.4 Å². The summed E-state index contributed by atoms with van der Waals surface area (Å²) in [6.07, 6.45) is -0.719. The first-order valence-corrected chi connectivity index (χ1v) is 11.0. The maximum atomic E-state index is 14.0. The van der Waals surface area contributed by atoms with E-state index < -0.39 is 29.5 Å². The first kappa shape index (κ1) is 24.5. The molecule has 0 unspecified atom stereocenters. The van der Waals surface area contributed by atoms with E-state index in [1.165, 1.54) is 30.3 Å². The summed E-state index contributed by atoms with van der Waals surface area (Å²) in [5.74, 6) is -2.12. The minimum absolute atomic E-state index is 0.104. The van der Waals surface area contributed by atoms with Crippen molar-refractivity contribution in [3.8, 4) is 16.9 Å². The van der Waals surface area contributed by atoms with Crippen molar-refractivity contribution in [3.05, 3.63) is 125 Å². The Morgan fingerprint density at radius 1 is 0.667 bits per heavy atom. The Balaban J connectivity index is 1.48. The molecular weight excluding hydrogens is 469 g/mol. The predicted molar refractivity (Wildman–Crippen MR) is 129 cm³/mol. The van der Waals surface area contributed by atoms with Crippen LogP contribution in [0.3, 0.4) is 0 Å². The van der Waals surface area contributed by atoms with Crippen molar-refractivity contribution in [2.75, 3.05) is 0 Å². The number of carbonyl (C=O) groups excluding carboxylic acids is 2. The molecule has 4 aromatic carbocycles. The van der Waals surface area contributed by atoms with Gasteiger partial charge in [-0.1, -0.05) is 48.5 Å². The summed E-state index contributed by atoms with van der Waals surface area (Å²) in [7, 11) is 0. The van der Waals surface area contributed by atoms with Crippen LogP contribution in [0.25, 0.3) is 11.1 Å². The highest BCUT2D eigenvalue weighted by atomic mass is 19.1. The number of nitrogens with one attached hydrogen (secondary N) is 2. The number of hydrogen-bond acceptors (Lipinski definition) is 3. The number of benzene rings is 4. The number of rotatable bonds is 7. The van der Waals surface area contributed by atoms with E-state index in [2.05, 4.69) is 10.6 Å². The van der Waals surface area contributed by atoms with E-state index in [1.54, 1.807) is 42.5 Å². The maximum absolute atomic E-state index is 14.0. The van der Waals surface area contributed by atoms with E-state index in [4.69, 9.17) is 4.74 Å². The summed E-state index contributed by atoms with van der Waals surface area (Å²) in [5, 5.41) is 5.32. The lowest BCUT2D eigenvalue weighted by molar-refractivity contribution is 0.0951. The smallest absolute Gasteiger partial charge is 0.410 e. The normalized spacial score (nSPS) is 10.5. The lowest BCUT2D eigenvalue weighted by Crippen LogP contribution is -2.26. The van der Waals surface area contributed by atoms with Crippen molar-refractivity contribution in [1.29, 1.82) is 0 Å². The fraction of sp³-hybridized carbons (Fsp3) is 0.0714. The zero-order valence-electron chi connectivity index (χ0n) is 18.9.